The lowest BCUT2D eigenvalue weighted by Gasteiger charge is -2.26. The van der Waals surface area contributed by atoms with E-state index in [1.807, 2.05) is 0 Å². The fourth-order valence-corrected chi connectivity index (χ4v) is 2.23. The molecule has 10 heteroatoms. The third-order valence-electron chi connectivity index (χ3n) is 2.59. The smallest absolute Gasteiger partial charge is 0.297 e. The van der Waals surface area contributed by atoms with Gasteiger partial charge in [0, 0.05) is 12.1 Å². The number of primary sulfonamides is 1. The van der Waals surface area contributed by atoms with Gasteiger partial charge >= 0.3 is 0 Å². The maximum atomic E-state index is 11.3. The molecule has 0 saturated carbocycles. The third kappa shape index (κ3) is 2.59. The highest BCUT2D eigenvalue weighted by Gasteiger charge is 2.29. The Kier molecular flexibility index (Phi) is 3.30. The number of aliphatic hydroxyl groups is 1. The molecule has 1 atom stereocenters. The molecule has 0 spiro atoms. The lowest BCUT2D eigenvalue weighted by molar-refractivity contribution is -0.384. The van der Waals surface area contributed by atoms with Gasteiger partial charge in [0.15, 0.2) is 11.4 Å². The van der Waals surface area contributed by atoms with Crippen molar-refractivity contribution in [2.45, 2.75) is 10.9 Å². The number of fused-ring (bicyclic) bond motifs is 1. The maximum Gasteiger partial charge on any atom is 0.297 e. The van der Waals surface area contributed by atoms with Gasteiger partial charge in [-0.05, 0) is 0 Å². The van der Waals surface area contributed by atoms with E-state index in [0.29, 0.717) is 0 Å². The highest BCUT2D eigenvalue weighted by molar-refractivity contribution is 7.89. The Bertz CT molecular complexity index is 629. The van der Waals surface area contributed by atoms with Crippen molar-refractivity contribution >= 4 is 21.4 Å². The van der Waals surface area contributed by atoms with E-state index in [1.165, 1.54) is 0 Å². The Balaban J connectivity index is 2.60. The van der Waals surface area contributed by atoms with Gasteiger partial charge in [-0.1, -0.05) is 0 Å². The van der Waals surface area contributed by atoms with Gasteiger partial charge in [0.25, 0.3) is 5.69 Å². The van der Waals surface area contributed by atoms with Crippen LogP contribution in [0.1, 0.15) is 0 Å². The summed E-state index contributed by atoms with van der Waals surface area (Å²) in [7, 11) is -4.07. The molecule has 0 amide bonds. The van der Waals surface area contributed by atoms with Gasteiger partial charge in [-0.25, -0.2) is 13.6 Å². The Morgan fingerprint density at radius 3 is 2.79 bits per heavy atom. The van der Waals surface area contributed by atoms with Crippen LogP contribution in [0.15, 0.2) is 17.0 Å². The number of hydrogen-bond donors (Lipinski definition) is 3. The zero-order valence-corrected chi connectivity index (χ0v) is 10.4. The number of benzene rings is 1. The number of nitro benzene ring substituents is 1. The zero-order valence-electron chi connectivity index (χ0n) is 9.57. The number of nitrogens with zero attached hydrogens (tertiary/aromatic N) is 1. The van der Waals surface area contributed by atoms with Gasteiger partial charge in [-0.15, -0.1) is 0 Å². The Labute approximate surface area is 108 Å². The Morgan fingerprint density at radius 1 is 1.58 bits per heavy atom. The largest absolute Gasteiger partial charge is 0.489 e. The molecule has 0 radical (unpaired) electrons. The van der Waals surface area contributed by atoms with Crippen molar-refractivity contribution in [2.24, 2.45) is 5.14 Å². The zero-order chi connectivity index (χ0) is 14.2. The molecule has 4 N–H and O–H groups in total. The first-order chi connectivity index (χ1) is 8.82. The van der Waals surface area contributed by atoms with E-state index in [4.69, 9.17) is 15.0 Å². The van der Waals surface area contributed by atoms with Crippen LogP contribution in [0, 0.1) is 10.1 Å². The standard InChI is InChI=1S/C9H11N3O6S/c10-19(16,17)6-1-7(12(14)15)9-8(2-6)18-4-5(3-13)11-9/h1-2,5,11,13H,3-4H2,(H2,10,16,17). The molecule has 1 unspecified atom stereocenters. The predicted octanol–water partition coefficient (Wildman–Crippen LogP) is -0.593. The number of nitrogens with one attached hydrogen (secondary N) is 1. The second-order valence-corrected chi connectivity index (χ2v) is 5.51. The first kappa shape index (κ1) is 13.5. The number of rotatable bonds is 3. The summed E-state index contributed by atoms with van der Waals surface area (Å²) in [6.07, 6.45) is 0. The highest BCUT2D eigenvalue weighted by atomic mass is 32.2. The number of anilines is 1. The minimum Gasteiger partial charge on any atom is -0.489 e. The van der Waals surface area contributed by atoms with Crippen LogP contribution in [0.5, 0.6) is 5.75 Å². The molecule has 1 aliphatic heterocycles. The van der Waals surface area contributed by atoms with Gasteiger partial charge in [-0.2, -0.15) is 0 Å². The molecule has 0 aromatic heterocycles. The summed E-state index contributed by atoms with van der Waals surface area (Å²) in [5.41, 5.74) is -0.442. The summed E-state index contributed by atoms with van der Waals surface area (Å²) in [5.74, 6) is 0.0166. The van der Waals surface area contributed by atoms with E-state index in [0.717, 1.165) is 12.1 Å². The predicted molar refractivity (Wildman–Crippen MR) is 64.5 cm³/mol. The molecule has 1 aromatic rings. The van der Waals surface area contributed by atoms with E-state index < -0.39 is 31.6 Å². The highest BCUT2D eigenvalue weighted by Crippen LogP contribution is 2.39. The van der Waals surface area contributed by atoms with Crippen molar-refractivity contribution in [1.82, 2.24) is 0 Å². The van der Waals surface area contributed by atoms with Crippen molar-refractivity contribution in [1.29, 1.82) is 0 Å². The van der Waals surface area contributed by atoms with Gasteiger partial charge in [0.2, 0.25) is 10.0 Å². The lowest BCUT2D eigenvalue weighted by Crippen LogP contribution is -2.35. The van der Waals surface area contributed by atoms with Gasteiger partial charge in [0.1, 0.15) is 6.61 Å². The minimum atomic E-state index is -4.07. The fraction of sp³-hybridized carbons (Fsp3) is 0.333. The number of nitro groups is 1. The van der Waals surface area contributed by atoms with Crippen LogP contribution < -0.4 is 15.2 Å². The molecule has 0 bridgehead atoms. The van der Waals surface area contributed by atoms with E-state index in [9.17, 15) is 18.5 Å². The van der Waals surface area contributed by atoms with Gasteiger partial charge in [-0.3, -0.25) is 10.1 Å². The minimum absolute atomic E-state index is 0.0166. The van der Waals surface area contributed by atoms with Crippen LogP contribution in [0.2, 0.25) is 0 Å². The molecular formula is C9H11N3O6S. The average molecular weight is 289 g/mol. The summed E-state index contributed by atoms with van der Waals surface area (Å²) >= 11 is 0. The molecule has 0 fully saturated rings. The Hall–Kier alpha value is -1.91. The maximum absolute atomic E-state index is 11.3. The second kappa shape index (κ2) is 4.64. The Morgan fingerprint density at radius 2 is 2.26 bits per heavy atom. The second-order valence-electron chi connectivity index (χ2n) is 3.95. The lowest BCUT2D eigenvalue weighted by atomic mass is 10.2. The third-order valence-corrected chi connectivity index (χ3v) is 3.48. The van der Waals surface area contributed by atoms with Crippen molar-refractivity contribution in [3.05, 3.63) is 22.2 Å². The monoisotopic (exact) mass is 289 g/mol. The first-order valence-corrected chi connectivity index (χ1v) is 6.73. The van der Waals surface area contributed by atoms with Gasteiger partial charge < -0.3 is 15.2 Å². The molecular weight excluding hydrogens is 278 g/mol. The molecule has 0 saturated heterocycles. The van der Waals surface area contributed by atoms with Crippen LogP contribution >= 0.6 is 0 Å². The van der Waals surface area contributed by atoms with Crippen molar-refractivity contribution in [3.63, 3.8) is 0 Å². The first-order valence-electron chi connectivity index (χ1n) is 5.18. The molecule has 1 heterocycles. The number of sulfonamides is 1. The number of nitrogens with two attached hydrogens (primary N) is 1. The molecule has 19 heavy (non-hydrogen) atoms. The SMILES string of the molecule is NS(=O)(=O)c1cc2c(c([N+](=O)[O-])c1)NC(CO)CO2. The number of ether oxygens (including phenoxy) is 1. The van der Waals surface area contributed by atoms with E-state index in [2.05, 4.69) is 5.32 Å². The van der Waals surface area contributed by atoms with Crippen molar-refractivity contribution < 1.29 is 23.2 Å². The average Bonchev–Trinajstić information content (AvgIpc) is 2.35. The molecule has 9 nitrogen and oxygen atoms in total. The number of hydrogen-bond acceptors (Lipinski definition) is 7. The van der Waals surface area contributed by atoms with E-state index in [1.54, 1.807) is 0 Å². The molecule has 1 aliphatic rings. The molecule has 1 aromatic carbocycles. The van der Waals surface area contributed by atoms with Crippen LogP contribution in [-0.4, -0.2) is 37.7 Å². The van der Waals surface area contributed by atoms with Crippen LogP contribution in [0.3, 0.4) is 0 Å². The number of aliphatic hydroxyl groups excluding tert-OH is 1. The summed E-state index contributed by atoms with van der Waals surface area (Å²) in [6.45, 7) is -0.206. The topological polar surface area (TPSA) is 145 Å². The summed E-state index contributed by atoms with van der Waals surface area (Å²) < 4.78 is 27.7. The van der Waals surface area contributed by atoms with Crippen LogP contribution in [-0.2, 0) is 10.0 Å². The van der Waals surface area contributed by atoms with Crippen LogP contribution in [0.4, 0.5) is 11.4 Å². The van der Waals surface area contributed by atoms with E-state index >= 15 is 0 Å². The van der Waals surface area contributed by atoms with Crippen LogP contribution in [0.25, 0.3) is 0 Å². The summed E-state index contributed by atoms with van der Waals surface area (Å²) in [5, 5.41) is 27.6. The molecule has 2 rings (SSSR count). The summed E-state index contributed by atoms with van der Waals surface area (Å²) in [6, 6.07) is 1.47. The normalized spacial score (nSPS) is 18.1. The summed E-state index contributed by atoms with van der Waals surface area (Å²) in [4.78, 5) is 9.81. The van der Waals surface area contributed by atoms with Crippen molar-refractivity contribution in [2.75, 3.05) is 18.5 Å². The van der Waals surface area contributed by atoms with E-state index in [-0.39, 0.29) is 24.7 Å². The van der Waals surface area contributed by atoms with Gasteiger partial charge in [0.05, 0.1) is 22.5 Å². The fourth-order valence-electron chi connectivity index (χ4n) is 1.68. The molecule has 104 valence electrons. The van der Waals surface area contributed by atoms with Crippen molar-refractivity contribution in [3.8, 4) is 5.75 Å². The molecule has 0 aliphatic carbocycles. The quantitative estimate of drug-likeness (QED) is 0.498.